The highest BCUT2D eigenvalue weighted by molar-refractivity contribution is 6.06. The highest BCUT2D eigenvalue weighted by Crippen LogP contribution is 2.27. The maximum absolute atomic E-state index is 12.6. The number of hydrogen-bond acceptors (Lipinski definition) is 8. The number of hydrogen-bond donors (Lipinski definition) is 1. The molecule has 4 heterocycles. The van der Waals surface area contributed by atoms with Crippen LogP contribution in [0.4, 0.5) is 11.4 Å². The molecule has 0 aromatic carbocycles. The minimum absolute atomic E-state index is 0.0136. The summed E-state index contributed by atoms with van der Waals surface area (Å²) in [5.74, 6) is 0.823. The van der Waals surface area contributed by atoms with Crippen molar-refractivity contribution in [1.29, 1.82) is 0 Å². The maximum atomic E-state index is 12.6. The van der Waals surface area contributed by atoms with Gasteiger partial charge in [0.05, 0.1) is 49.3 Å². The first-order chi connectivity index (χ1) is 14.1. The molecule has 0 bridgehead atoms. The number of rotatable bonds is 6. The Hall–Kier alpha value is -3.62. The molecule has 0 unspecified atom stereocenters. The fourth-order valence-electron chi connectivity index (χ4n) is 3.00. The summed E-state index contributed by atoms with van der Waals surface area (Å²) in [5, 5.41) is 10.2. The van der Waals surface area contributed by atoms with Crippen LogP contribution in [0.15, 0.2) is 49.4 Å². The van der Waals surface area contributed by atoms with Crippen LogP contribution < -0.4 is 15.0 Å². The van der Waals surface area contributed by atoms with Gasteiger partial charge in [-0.05, 0) is 23.6 Å². The fourth-order valence-corrected chi connectivity index (χ4v) is 3.00. The molecule has 1 aliphatic rings. The minimum Gasteiger partial charge on any atom is -0.485 e. The Bertz CT molecular complexity index is 991. The van der Waals surface area contributed by atoms with Crippen LogP contribution in [-0.2, 0) is 0 Å². The van der Waals surface area contributed by atoms with Crippen LogP contribution in [-0.4, -0.2) is 50.2 Å². The molecule has 9 nitrogen and oxygen atoms in total. The van der Waals surface area contributed by atoms with Crippen LogP contribution in [0.2, 0.25) is 0 Å². The summed E-state index contributed by atoms with van der Waals surface area (Å²) in [4.78, 5) is 27.1. The van der Waals surface area contributed by atoms with E-state index >= 15 is 0 Å². The molecule has 1 amide bonds. The molecule has 9 heteroatoms. The standard InChI is InChI=1S/C20H21N7O2/c1-13(2)14-5-16(8-21-6-14)29-17-10-27(11-17)18-9-22-12-23-19(18)20(28)26-15-3-4-24-25-7-15/h3-9,12-13,17H,10-11H2,1-2H3,(H,24,26,28). The van der Waals surface area contributed by atoms with Crippen molar-refractivity contribution in [3.8, 4) is 5.75 Å². The van der Waals surface area contributed by atoms with Crippen LogP contribution in [0, 0.1) is 0 Å². The van der Waals surface area contributed by atoms with E-state index in [-0.39, 0.29) is 12.0 Å². The van der Waals surface area contributed by atoms with E-state index < -0.39 is 0 Å². The fraction of sp³-hybridized carbons (Fsp3) is 0.300. The molecule has 4 rings (SSSR count). The molecular formula is C20H21N7O2. The van der Waals surface area contributed by atoms with Crippen molar-refractivity contribution in [2.45, 2.75) is 25.9 Å². The third kappa shape index (κ3) is 4.29. The number of anilines is 2. The molecule has 29 heavy (non-hydrogen) atoms. The summed E-state index contributed by atoms with van der Waals surface area (Å²) >= 11 is 0. The molecule has 3 aromatic heterocycles. The van der Waals surface area contributed by atoms with Gasteiger partial charge in [-0.1, -0.05) is 13.8 Å². The van der Waals surface area contributed by atoms with E-state index in [1.54, 1.807) is 18.5 Å². The zero-order chi connectivity index (χ0) is 20.2. The Balaban J connectivity index is 1.41. The lowest BCUT2D eigenvalue weighted by atomic mass is 10.1. The number of amides is 1. The Kier molecular flexibility index (Phi) is 5.28. The first-order valence-electron chi connectivity index (χ1n) is 9.34. The van der Waals surface area contributed by atoms with E-state index in [0.29, 0.717) is 36.1 Å². The van der Waals surface area contributed by atoms with E-state index in [2.05, 4.69) is 44.3 Å². The zero-order valence-electron chi connectivity index (χ0n) is 16.2. The summed E-state index contributed by atoms with van der Waals surface area (Å²) in [5.41, 5.74) is 2.66. The monoisotopic (exact) mass is 391 g/mol. The van der Waals surface area contributed by atoms with Gasteiger partial charge < -0.3 is 15.0 Å². The van der Waals surface area contributed by atoms with Gasteiger partial charge in [0.15, 0.2) is 5.69 Å². The van der Waals surface area contributed by atoms with Gasteiger partial charge in [0, 0.05) is 6.20 Å². The lowest BCUT2D eigenvalue weighted by Crippen LogP contribution is -2.54. The molecular weight excluding hydrogens is 370 g/mol. The number of nitrogens with one attached hydrogen (secondary N) is 1. The van der Waals surface area contributed by atoms with Crippen LogP contribution in [0.5, 0.6) is 5.75 Å². The molecule has 1 N–H and O–H groups in total. The summed E-state index contributed by atoms with van der Waals surface area (Å²) in [6, 6.07) is 3.69. The quantitative estimate of drug-likeness (QED) is 0.682. The number of aromatic nitrogens is 5. The second-order valence-corrected chi connectivity index (χ2v) is 7.10. The van der Waals surface area contributed by atoms with Crippen molar-refractivity contribution in [3.63, 3.8) is 0 Å². The maximum Gasteiger partial charge on any atom is 0.276 e. The number of carbonyl (C=O) groups is 1. The molecule has 1 aliphatic heterocycles. The molecule has 0 radical (unpaired) electrons. The van der Waals surface area contributed by atoms with E-state index in [1.807, 2.05) is 17.2 Å². The molecule has 148 valence electrons. The molecule has 0 saturated carbocycles. The Labute approximate surface area is 168 Å². The lowest BCUT2D eigenvalue weighted by molar-refractivity contribution is 0.102. The van der Waals surface area contributed by atoms with Crippen molar-refractivity contribution < 1.29 is 9.53 Å². The summed E-state index contributed by atoms with van der Waals surface area (Å²) in [6.45, 7) is 5.51. The first kappa shape index (κ1) is 18.7. The van der Waals surface area contributed by atoms with Gasteiger partial charge in [-0.3, -0.25) is 9.78 Å². The van der Waals surface area contributed by atoms with Gasteiger partial charge >= 0.3 is 0 Å². The first-order valence-corrected chi connectivity index (χ1v) is 9.34. The van der Waals surface area contributed by atoms with Crippen molar-refractivity contribution >= 4 is 17.3 Å². The highest BCUT2D eigenvalue weighted by Gasteiger charge is 2.32. The predicted molar refractivity (Wildman–Crippen MR) is 107 cm³/mol. The normalized spacial score (nSPS) is 13.8. The third-order valence-electron chi connectivity index (χ3n) is 4.64. The van der Waals surface area contributed by atoms with Crippen molar-refractivity contribution in [2.75, 3.05) is 23.3 Å². The zero-order valence-corrected chi connectivity index (χ0v) is 16.2. The molecule has 0 atom stereocenters. The molecule has 3 aromatic rings. The number of pyridine rings is 1. The van der Waals surface area contributed by atoms with Crippen LogP contribution in [0.3, 0.4) is 0 Å². The van der Waals surface area contributed by atoms with Crippen LogP contribution >= 0.6 is 0 Å². The van der Waals surface area contributed by atoms with Crippen molar-refractivity contribution in [1.82, 2.24) is 25.1 Å². The smallest absolute Gasteiger partial charge is 0.276 e. The van der Waals surface area contributed by atoms with Gasteiger partial charge in [0.1, 0.15) is 18.2 Å². The van der Waals surface area contributed by atoms with Gasteiger partial charge in [-0.2, -0.15) is 10.2 Å². The topological polar surface area (TPSA) is 106 Å². The molecule has 1 fully saturated rings. The number of carbonyl (C=O) groups excluding carboxylic acids is 1. The summed E-state index contributed by atoms with van der Waals surface area (Å²) in [7, 11) is 0. The van der Waals surface area contributed by atoms with E-state index in [4.69, 9.17) is 4.74 Å². The summed E-state index contributed by atoms with van der Waals surface area (Å²) in [6.07, 6.45) is 9.59. The average molecular weight is 391 g/mol. The largest absolute Gasteiger partial charge is 0.485 e. The second kappa shape index (κ2) is 8.17. The summed E-state index contributed by atoms with van der Waals surface area (Å²) < 4.78 is 6.03. The second-order valence-electron chi connectivity index (χ2n) is 7.10. The average Bonchev–Trinajstić information content (AvgIpc) is 2.71. The van der Waals surface area contributed by atoms with E-state index in [1.165, 1.54) is 18.7 Å². The number of nitrogens with zero attached hydrogens (tertiary/aromatic N) is 6. The van der Waals surface area contributed by atoms with E-state index in [0.717, 1.165) is 11.3 Å². The van der Waals surface area contributed by atoms with Crippen LogP contribution in [0.25, 0.3) is 0 Å². The molecule has 1 saturated heterocycles. The van der Waals surface area contributed by atoms with Gasteiger partial charge in [-0.25, -0.2) is 9.97 Å². The van der Waals surface area contributed by atoms with Crippen molar-refractivity contribution in [3.05, 3.63) is 60.7 Å². The third-order valence-corrected chi connectivity index (χ3v) is 4.64. The van der Waals surface area contributed by atoms with Gasteiger partial charge in [0.25, 0.3) is 5.91 Å². The van der Waals surface area contributed by atoms with Gasteiger partial charge in [0.2, 0.25) is 0 Å². The van der Waals surface area contributed by atoms with Crippen LogP contribution in [0.1, 0.15) is 35.8 Å². The molecule has 0 aliphatic carbocycles. The van der Waals surface area contributed by atoms with E-state index in [9.17, 15) is 4.79 Å². The minimum atomic E-state index is -0.325. The predicted octanol–water partition coefficient (Wildman–Crippen LogP) is 2.30. The Morgan fingerprint density at radius 1 is 1.17 bits per heavy atom. The number of ether oxygens (including phenoxy) is 1. The Morgan fingerprint density at radius 3 is 2.79 bits per heavy atom. The lowest BCUT2D eigenvalue weighted by Gasteiger charge is -2.40. The SMILES string of the molecule is CC(C)c1cncc(OC2CN(c3cncnc3C(=O)Nc3ccnnc3)C2)c1. The van der Waals surface area contributed by atoms with Crippen molar-refractivity contribution in [2.24, 2.45) is 0 Å². The highest BCUT2D eigenvalue weighted by atomic mass is 16.5. The Morgan fingerprint density at radius 2 is 2.03 bits per heavy atom. The molecule has 0 spiro atoms. The van der Waals surface area contributed by atoms with Gasteiger partial charge in [-0.15, -0.1) is 0 Å².